The summed E-state index contributed by atoms with van der Waals surface area (Å²) in [5.74, 6) is -0.0680. The summed E-state index contributed by atoms with van der Waals surface area (Å²) in [4.78, 5) is 12.4. The maximum atomic E-state index is 12.1. The molecule has 1 amide bonds. The minimum atomic E-state index is -0.0680. The van der Waals surface area contributed by atoms with Gasteiger partial charge in [0.25, 0.3) is 5.91 Å². The smallest absolute Gasteiger partial charge is 0.251 e. The van der Waals surface area contributed by atoms with Crippen molar-refractivity contribution >= 4 is 23.1 Å². The third-order valence-electron chi connectivity index (χ3n) is 3.08. The first-order valence-corrected chi connectivity index (χ1v) is 6.71. The lowest BCUT2D eigenvalue weighted by atomic mass is 10.1. The number of rotatable bonds is 4. The number of amides is 1. The summed E-state index contributed by atoms with van der Waals surface area (Å²) in [6, 6.07) is 15.1. The first kappa shape index (κ1) is 14.2. The van der Waals surface area contributed by atoms with E-state index >= 15 is 0 Å². The molecule has 0 aliphatic carbocycles. The second-order valence-electron chi connectivity index (χ2n) is 4.56. The lowest BCUT2D eigenvalue weighted by Crippen LogP contribution is -2.23. The molecule has 0 atom stereocenters. The summed E-state index contributed by atoms with van der Waals surface area (Å²) in [6.07, 6.45) is 0. The van der Waals surface area contributed by atoms with Gasteiger partial charge in [0.15, 0.2) is 0 Å². The lowest BCUT2D eigenvalue weighted by Gasteiger charge is -2.08. The fraction of sp³-hybridized carbons (Fsp3) is 0.125. The minimum Gasteiger partial charge on any atom is -0.389 e. The van der Waals surface area contributed by atoms with Crippen LogP contribution in [0.2, 0.25) is 0 Å². The summed E-state index contributed by atoms with van der Waals surface area (Å²) in [7, 11) is 0. The van der Waals surface area contributed by atoms with Crippen molar-refractivity contribution in [1.29, 1.82) is 0 Å². The van der Waals surface area contributed by atoms with Gasteiger partial charge in [-0.3, -0.25) is 4.79 Å². The van der Waals surface area contributed by atoms with Gasteiger partial charge in [-0.05, 0) is 24.1 Å². The van der Waals surface area contributed by atoms with Crippen LogP contribution in [0.5, 0.6) is 0 Å². The van der Waals surface area contributed by atoms with E-state index < -0.39 is 0 Å². The molecule has 0 saturated heterocycles. The monoisotopic (exact) mass is 284 g/mol. The predicted octanol–water partition coefficient (Wildman–Crippen LogP) is 2.56. The summed E-state index contributed by atoms with van der Waals surface area (Å²) in [6.45, 7) is 2.40. The molecule has 2 aromatic rings. The number of aryl methyl sites for hydroxylation is 1. The first-order valence-electron chi connectivity index (χ1n) is 6.30. The molecule has 102 valence electrons. The van der Waals surface area contributed by atoms with Crippen LogP contribution >= 0.6 is 12.2 Å². The second kappa shape index (κ2) is 6.30. The Balaban J connectivity index is 2.00. The van der Waals surface area contributed by atoms with Crippen LogP contribution in [0.4, 0.5) is 0 Å². The summed E-state index contributed by atoms with van der Waals surface area (Å²) in [5.41, 5.74) is 9.04. The molecule has 0 bridgehead atoms. The maximum Gasteiger partial charge on any atom is 0.251 e. The summed E-state index contributed by atoms with van der Waals surface area (Å²) >= 11 is 4.90. The number of hydrogen-bond donors (Lipinski definition) is 2. The highest BCUT2D eigenvalue weighted by molar-refractivity contribution is 7.80. The molecule has 2 rings (SSSR count). The first-order chi connectivity index (χ1) is 9.58. The lowest BCUT2D eigenvalue weighted by molar-refractivity contribution is 0.0950. The number of nitrogens with two attached hydrogens (primary N) is 1. The molecule has 0 aromatic heterocycles. The van der Waals surface area contributed by atoms with E-state index in [1.54, 1.807) is 0 Å². The van der Waals surface area contributed by atoms with Gasteiger partial charge in [0.1, 0.15) is 4.99 Å². The van der Waals surface area contributed by atoms with E-state index in [1.165, 1.54) is 0 Å². The van der Waals surface area contributed by atoms with Gasteiger partial charge in [-0.2, -0.15) is 0 Å². The Morgan fingerprint density at radius 1 is 1.15 bits per heavy atom. The van der Waals surface area contributed by atoms with Gasteiger partial charge in [0.05, 0.1) is 0 Å². The van der Waals surface area contributed by atoms with Crippen LogP contribution in [0.3, 0.4) is 0 Å². The number of hydrogen-bond acceptors (Lipinski definition) is 2. The average Bonchev–Trinajstić information content (AvgIpc) is 2.45. The topological polar surface area (TPSA) is 55.1 Å². The van der Waals surface area contributed by atoms with E-state index in [-0.39, 0.29) is 5.91 Å². The number of benzene rings is 2. The number of carbonyl (C=O) groups excluding carboxylic acids is 1. The largest absolute Gasteiger partial charge is 0.389 e. The Bertz CT molecular complexity index is 635. The molecule has 0 aliphatic rings. The summed E-state index contributed by atoms with van der Waals surface area (Å²) < 4.78 is 0. The molecule has 20 heavy (non-hydrogen) atoms. The van der Waals surface area contributed by atoms with Crippen molar-refractivity contribution in [3.05, 3.63) is 70.8 Å². The standard InChI is InChI=1S/C16H16N2OS/c1-11-4-2-3-5-14(11)16(19)18-10-12-6-8-13(9-7-12)15(17)20/h2-9H,10H2,1H3,(H2,17,20)(H,18,19). The van der Waals surface area contributed by atoms with Crippen LogP contribution in [-0.2, 0) is 6.54 Å². The summed E-state index contributed by atoms with van der Waals surface area (Å²) in [5, 5.41) is 2.90. The fourth-order valence-corrected chi connectivity index (χ4v) is 2.03. The van der Waals surface area contributed by atoms with Crippen molar-refractivity contribution in [1.82, 2.24) is 5.32 Å². The Labute approximate surface area is 123 Å². The molecule has 0 radical (unpaired) electrons. The predicted molar refractivity (Wildman–Crippen MR) is 84.7 cm³/mol. The zero-order chi connectivity index (χ0) is 14.5. The number of thiocarbonyl (C=S) groups is 1. The Hall–Kier alpha value is -2.20. The molecule has 0 saturated carbocycles. The van der Waals surface area contributed by atoms with Crippen LogP contribution in [-0.4, -0.2) is 10.9 Å². The van der Waals surface area contributed by atoms with Crippen molar-refractivity contribution in [3.63, 3.8) is 0 Å². The minimum absolute atomic E-state index is 0.0680. The normalized spacial score (nSPS) is 10.1. The van der Waals surface area contributed by atoms with Crippen LogP contribution in [0.15, 0.2) is 48.5 Å². The quantitative estimate of drug-likeness (QED) is 0.848. The van der Waals surface area contributed by atoms with E-state index in [0.29, 0.717) is 17.1 Å². The van der Waals surface area contributed by atoms with E-state index in [1.807, 2.05) is 55.5 Å². The maximum absolute atomic E-state index is 12.1. The second-order valence-corrected chi connectivity index (χ2v) is 5.00. The molecular weight excluding hydrogens is 268 g/mol. The molecule has 0 unspecified atom stereocenters. The van der Waals surface area contributed by atoms with Crippen molar-refractivity contribution in [2.75, 3.05) is 0 Å². The van der Waals surface area contributed by atoms with Crippen molar-refractivity contribution < 1.29 is 4.79 Å². The Morgan fingerprint density at radius 3 is 2.40 bits per heavy atom. The third-order valence-corrected chi connectivity index (χ3v) is 3.32. The van der Waals surface area contributed by atoms with E-state index in [2.05, 4.69) is 5.32 Å². The fourth-order valence-electron chi connectivity index (χ4n) is 1.89. The van der Waals surface area contributed by atoms with Gasteiger partial charge in [0, 0.05) is 17.7 Å². The molecule has 3 nitrogen and oxygen atoms in total. The highest BCUT2D eigenvalue weighted by Gasteiger charge is 2.07. The van der Waals surface area contributed by atoms with Crippen LogP contribution in [0, 0.1) is 6.92 Å². The molecule has 0 fully saturated rings. The highest BCUT2D eigenvalue weighted by atomic mass is 32.1. The van der Waals surface area contributed by atoms with Gasteiger partial charge in [-0.15, -0.1) is 0 Å². The third kappa shape index (κ3) is 3.42. The number of nitrogens with one attached hydrogen (secondary N) is 1. The molecule has 3 N–H and O–H groups in total. The molecule has 0 aliphatic heterocycles. The molecule has 0 spiro atoms. The van der Waals surface area contributed by atoms with Crippen LogP contribution in [0.1, 0.15) is 27.0 Å². The van der Waals surface area contributed by atoms with Crippen molar-refractivity contribution in [2.45, 2.75) is 13.5 Å². The van der Waals surface area contributed by atoms with E-state index in [4.69, 9.17) is 18.0 Å². The van der Waals surface area contributed by atoms with Crippen molar-refractivity contribution in [3.8, 4) is 0 Å². The molecule has 4 heteroatoms. The van der Waals surface area contributed by atoms with Gasteiger partial charge >= 0.3 is 0 Å². The van der Waals surface area contributed by atoms with Gasteiger partial charge in [0.2, 0.25) is 0 Å². The van der Waals surface area contributed by atoms with Crippen LogP contribution in [0.25, 0.3) is 0 Å². The van der Waals surface area contributed by atoms with Crippen LogP contribution < -0.4 is 11.1 Å². The van der Waals surface area contributed by atoms with Gasteiger partial charge < -0.3 is 11.1 Å². The van der Waals surface area contributed by atoms with Gasteiger partial charge in [-0.25, -0.2) is 0 Å². The Kier molecular flexibility index (Phi) is 4.48. The van der Waals surface area contributed by atoms with Gasteiger partial charge in [-0.1, -0.05) is 54.7 Å². The van der Waals surface area contributed by atoms with Crippen molar-refractivity contribution in [2.24, 2.45) is 5.73 Å². The van der Waals surface area contributed by atoms with E-state index in [9.17, 15) is 4.79 Å². The molecule has 0 heterocycles. The molecule has 2 aromatic carbocycles. The average molecular weight is 284 g/mol. The zero-order valence-corrected chi connectivity index (χ0v) is 12.0. The Morgan fingerprint density at radius 2 is 1.80 bits per heavy atom. The zero-order valence-electron chi connectivity index (χ0n) is 11.2. The van der Waals surface area contributed by atoms with E-state index in [0.717, 1.165) is 16.7 Å². The SMILES string of the molecule is Cc1ccccc1C(=O)NCc1ccc(C(N)=S)cc1. The number of carbonyl (C=O) groups is 1. The molecular formula is C16H16N2OS. The highest BCUT2D eigenvalue weighted by Crippen LogP contribution is 2.08.